The van der Waals surface area contributed by atoms with Gasteiger partial charge in [0.25, 0.3) is 0 Å². The van der Waals surface area contributed by atoms with Gasteiger partial charge in [-0.1, -0.05) is 19.4 Å². The molecule has 1 aliphatic rings. The van der Waals surface area contributed by atoms with Crippen LogP contribution in [0.2, 0.25) is 0 Å². The Morgan fingerprint density at radius 1 is 1.19 bits per heavy atom. The zero-order valence-corrected chi connectivity index (χ0v) is 12.4. The third-order valence-electron chi connectivity index (χ3n) is 4.22. The van der Waals surface area contributed by atoms with Crippen LogP contribution in [0.15, 0.2) is 12.1 Å². The van der Waals surface area contributed by atoms with Crippen molar-refractivity contribution >= 4 is 17.5 Å². The van der Waals surface area contributed by atoms with Gasteiger partial charge in [-0.3, -0.25) is 9.59 Å². The van der Waals surface area contributed by atoms with Gasteiger partial charge in [0.2, 0.25) is 0 Å². The second-order valence-corrected chi connectivity index (χ2v) is 5.68. The molecular formula is C17H20O4. The molecule has 1 N–H and O–H groups in total. The highest BCUT2D eigenvalue weighted by Crippen LogP contribution is 2.39. The predicted octanol–water partition coefficient (Wildman–Crippen LogP) is 3.51. The first kappa shape index (κ1) is 15.4. The standard InChI is InChI=1S/C17H20O4/c1-3-12(18)8-16(19)15-9-13(17(20)21)10(2)7-14(15)11-5-4-6-11/h7,9,11H,3-6,8H2,1-2H3,(H,20,21). The van der Waals surface area contributed by atoms with E-state index in [1.54, 1.807) is 13.8 Å². The van der Waals surface area contributed by atoms with Gasteiger partial charge in [0.05, 0.1) is 12.0 Å². The van der Waals surface area contributed by atoms with Gasteiger partial charge >= 0.3 is 5.97 Å². The molecule has 0 aliphatic heterocycles. The van der Waals surface area contributed by atoms with Crippen LogP contribution in [-0.4, -0.2) is 22.6 Å². The van der Waals surface area contributed by atoms with Crippen molar-refractivity contribution in [3.05, 3.63) is 34.4 Å². The number of aryl methyl sites for hydroxylation is 1. The predicted molar refractivity (Wildman–Crippen MR) is 79.0 cm³/mol. The van der Waals surface area contributed by atoms with Crippen molar-refractivity contribution in [1.29, 1.82) is 0 Å². The van der Waals surface area contributed by atoms with Gasteiger partial charge in [0.15, 0.2) is 5.78 Å². The van der Waals surface area contributed by atoms with E-state index in [-0.39, 0.29) is 23.6 Å². The zero-order chi connectivity index (χ0) is 15.6. The van der Waals surface area contributed by atoms with Crippen LogP contribution in [0.1, 0.15) is 76.8 Å². The molecule has 1 saturated carbocycles. The van der Waals surface area contributed by atoms with Crippen LogP contribution in [0.25, 0.3) is 0 Å². The summed E-state index contributed by atoms with van der Waals surface area (Å²) in [5, 5.41) is 9.22. The lowest BCUT2D eigenvalue weighted by Gasteiger charge is -2.28. The fourth-order valence-electron chi connectivity index (χ4n) is 2.66. The Kier molecular flexibility index (Phi) is 4.56. The molecule has 0 aromatic heterocycles. The monoisotopic (exact) mass is 288 g/mol. The number of hydrogen-bond donors (Lipinski definition) is 1. The molecule has 0 amide bonds. The van der Waals surface area contributed by atoms with Gasteiger partial charge in [0.1, 0.15) is 5.78 Å². The summed E-state index contributed by atoms with van der Waals surface area (Å²) in [5.74, 6) is -1.09. The lowest BCUT2D eigenvalue weighted by molar-refractivity contribution is -0.117. The van der Waals surface area contributed by atoms with Crippen molar-refractivity contribution in [3.8, 4) is 0 Å². The number of benzene rings is 1. The van der Waals surface area contributed by atoms with Gasteiger partial charge < -0.3 is 5.11 Å². The fraction of sp³-hybridized carbons (Fsp3) is 0.471. The maximum absolute atomic E-state index is 12.4. The van der Waals surface area contributed by atoms with E-state index < -0.39 is 5.97 Å². The lowest BCUT2D eigenvalue weighted by Crippen LogP contribution is -2.17. The van der Waals surface area contributed by atoms with E-state index in [2.05, 4.69) is 0 Å². The second-order valence-electron chi connectivity index (χ2n) is 5.68. The Balaban J connectivity index is 2.44. The maximum atomic E-state index is 12.4. The van der Waals surface area contributed by atoms with Crippen LogP contribution in [-0.2, 0) is 4.79 Å². The molecule has 1 aromatic rings. The van der Waals surface area contributed by atoms with E-state index in [9.17, 15) is 19.5 Å². The SMILES string of the molecule is CCC(=O)CC(=O)c1cc(C(=O)O)c(C)cc1C1CCC1. The number of hydrogen-bond acceptors (Lipinski definition) is 3. The van der Waals surface area contributed by atoms with Gasteiger partial charge in [-0.05, 0) is 42.9 Å². The molecule has 1 aromatic carbocycles. The molecule has 0 atom stereocenters. The number of carbonyl (C=O) groups is 3. The molecule has 0 saturated heterocycles. The second kappa shape index (κ2) is 6.20. The summed E-state index contributed by atoms with van der Waals surface area (Å²) >= 11 is 0. The van der Waals surface area contributed by atoms with E-state index in [0.717, 1.165) is 24.8 Å². The molecule has 112 valence electrons. The molecule has 0 heterocycles. The van der Waals surface area contributed by atoms with Crippen molar-refractivity contribution in [2.24, 2.45) is 0 Å². The molecule has 21 heavy (non-hydrogen) atoms. The summed E-state index contributed by atoms with van der Waals surface area (Å²) in [6.45, 7) is 3.47. The summed E-state index contributed by atoms with van der Waals surface area (Å²) in [5.41, 5.74) is 2.15. The Bertz CT molecular complexity index is 597. The molecule has 0 unspecified atom stereocenters. The largest absolute Gasteiger partial charge is 0.478 e. The summed E-state index contributed by atoms with van der Waals surface area (Å²) in [4.78, 5) is 35.1. The summed E-state index contributed by atoms with van der Waals surface area (Å²) in [7, 11) is 0. The summed E-state index contributed by atoms with van der Waals surface area (Å²) in [6.07, 6.45) is 3.36. The molecule has 0 bridgehead atoms. The molecule has 4 nitrogen and oxygen atoms in total. The molecule has 1 fully saturated rings. The minimum absolute atomic E-state index is 0.114. The van der Waals surface area contributed by atoms with Gasteiger partial charge in [-0.15, -0.1) is 0 Å². The number of aromatic carboxylic acids is 1. The first-order valence-electron chi connectivity index (χ1n) is 7.36. The zero-order valence-electron chi connectivity index (χ0n) is 12.4. The summed E-state index contributed by atoms with van der Waals surface area (Å²) in [6, 6.07) is 3.27. The first-order valence-corrected chi connectivity index (χ1v) is 7.36. The average molecular weight is 288 g/mol. The smallest absolute Gasteiger partial charge is 0.335 e. The molecular weight excluding hydrogens is 268 g/mol. The van der Waals surface area contributed by atoms with Crippen LogP contribution in [0, 0.1) is 6.92 Å². The highest BCUT2D eigenvalue weighted by Gasteiger charge is 2.27. The Morgan fingerprint density at radius 2 is 1.86 bits per heavy atom. The number of carboxylic acids is 1. The third kappa shape index (κ3) is 3.20. The molecule has 2 rings (SSSR count). The van der Waals surface area contributed by atoms with Crippen LogP contribution in [0.4, 0.5) is 0 Å². The fourth-order valence-corrected chi connectivity index (χ4v) is 2.66. The number of ketones is 2. The minimum Gasteiger partial charge on any atom is -0.478 e. The van der Waals surface area contributed by atoms with E-state index >= 15 is 0 Å². The van der Waals surface area contributed by atoms with Gasteiger partial charge in [-0.25, -0.2) is 4.79 Å². The van der Waals surface area contributed by atoms with E-state index in [0.29, 0.717) is 23.5 Å². The van der Waals surface area contributed by atoms with Crippen molar-refractivity contribution in [2.75, 3.05) is 0 Å². The Labute approximate surface area is 124 Å². The topological polar surface area (TPSA) is 71.4 Å². The molecule has 4 heteroatoms. The highest BCUT2D eigenvalue weighted by molar-refractivity contribution is 6.09. The highest BCUT2D eigenvalue weighted by atomic mass is 16.4. The number of rotatable bonds is 6. The van der Waals surface area contributed by atoms with Crippen LogP contribution in [0.3, 0.4) is 0 Å². The van der Waals surface area contributed by atoms with Crippen molar-refractivity contribution in [2.45, 2.75) is 51.9 Å². The normalized spacial score (nSPS) is 14.6. The van der Waals surface area contributed by atoms with Crippen molar-refractivity contribution in [1.82, 2.24) is 0 Å². The average Bonchev–Trinajstić information content (AvgIpc) is 2.36. The number of Topliss-reactive ketones (excluding diaryl/α,β-unsaturated/α-hetero) is 2. The van der Waals surface area contributed by atoms with Crippen LogP contribution in [0.5, 0.6) is 0 Å². The maximum Gasteiger partial charge on any atom is 0.335 e. The van der Waals surface area contributed by atoms with E-state index in [4.69, 9.17) is 0 Å². The van der Waals surface area contributed by atoms with E-state index in [1.165, 1.54) is 6.07 Å². The van der Waals surface area contributed by atoms with E-state index in [1.807, 2.05) is 6.07 Å². The van der Waals surface area contributed by atoms with Crippen molar-refractivity contribution in [3.63, 3.8) is 0 Å². The summed E-state index contributed by atoms with van der Waals surface area (Å²) < 4.78 is 0. The quantitative estimate of drug-likeness (QED) is 0.642. The van der Waals surface area contributed by atoms with Crippen LogP contribution < -0.4 is 0 Å². The third-order valence-corrected chi connectivity index (χ3v) is 4.22. The number of carboxylic acid groups (broad SMARTS) is 1. The first-order chi connectivity index (χ1) is 9.93. The van der Waals surface area contributed by atoms with Crippen LogP contribution >= 0.6 is 0 Å². The lowest BCUT2D eigenvalue weighted by atomic mass is 9.76. The molecule has 0 spiro atoms. The van der Waals surface area contributed by atoms with Crippen molar-refractivity contribution < 1.29 is 19.5 Å². The molecule has 1 aliphatic carbocycles. The molecule has 0 radical (unpaired) electrons. The van der Waals surface area contributed by atoms with Gasteiger partial charge in [0, 0.05) is 12.0 Å². The number of carbonyl (C=O) groups excluding carboxylic acids is 2. The minimum atomic E-state index is -1.04. The van der Waals surface area contributed by atoms with Gasteiger partial charge in [-0.2, -0.15) is 0 Å². The Hall–Kier alpha value is -1.97. The Morgan fingerprint density at radius 3 is 2.33 bits per heavy atom.